The topological polar surface area (TPSA) is 82.1 Å². The number of aliphatic hydroxyl groups excluding tert-OH is 1. The summed E-state index contributed by atoms with van der Waals surface area (Å²) < 4.78 is 5.44. The van der Waals surface area contributed by atoms with E-state index in [4.69, 9.17) is 4.74 Å². The van der Waals surface area contributed by atoms with Crippen LogP contribution in [0.4, 0.5) is 16.2 Å². The average Bonchev–Trinajstić information content (AvgIpc) is 3.16. The van der Waals surface area contributed by atoms with Crippen LogP contribution in [0.3, 0.4) is 0 Å². The van der Waals surface area contributed by atoms with Crippen LogP contribution >= 0.6 is 12.4 Å². The van der Waals surface area contributed by atoms with Crippen LogP contribution in [0.5, 0.6) is 0 Å². The lowest BCUT2D eigenvalue weighted by Crippen LogP contribution is -2.50. The molecule has 3 aliphatic rings. The molecule has 2 heterocycles. The van der Waals surface area contributed by atoms with Gasteiger partial charge in [-0.25, -0.2) is 4.79 Å². The highest BCUT2D eigenvalue weighted by atomic mass is 35.5. The molecule has 1 aliphatic carbocycles. The van der Waals surface area contributed by atoms with E-state index >= 15 is 0 Å². The third-order valence-corrected chi connectivity index (χ3v) is 7.58. The summed E-state index contributed by atoms with van der Waals surface area (Å²) in [6.07, 6.45) is 0.652. The van der Waals surface area contributed by atoms with E-state index in [1.807, 2.05) is 72.5 Å². The van der Waals surface area contributed by atoms with E-state index in [1.54, 1.807) is 0 Å². The van der Waals surface area contributed by atoms with Gasteiger partial charge in [-0.15, -0.1) is 12.4 Å². The molecule has 3 aromatic rings. The number of anilines is 2. The number of hydrogen-bond donors (Lipinski definition) is 2. The Morgan fingerprint density at radius 1 is 1.03 bits per heavy atom. The van der Waals surface area contributed by atoms with Gasteiger partial charge in [0.25, 0.3) is 0 Å². The number of benzene rings is 3. The maximum atomic E-state index is 12.8. The lowest BCUT2D eigenvalue weighted by molar-refractivity contribution is -0.117. The highest BCUT2D eigenvalue weighted by Gasteiger charge is 2.35. The lowest BCUT2D eigenvalue weighted by Gasteiger charge is -2.40. The number of cyclic esters (lactones) is 1. The molecule has 1 fully saturated rings. The molecule has 0 saturated carbocycles. The highest BCUT2D eigenvalue weighted by molar-refractivity contribution is 5.94. The zero-order valence-corrected chi connectivity index (χ0v) is 21.5. The zero-order valence-electron chi connectivity index (χ0n) is 20.6. The number of carbonyl (C=O) groups excluding carboxylic acids is 2. The van der Waals surface area contributed by atoms with Crippen molar-refractivity contribution < 1.29 is 19.4 Å². The molecule has 0 radical (unpaired) electrons. The van der Waals surface area contributed by atoms with Crippen molar-refractivity contribution in [1.29, 1.82) is 0 Å². The molecule has 6 rings (SSSR count). The van der Waals surface area contributed by atoms with Crippen molar-refractivity contribution in [2.45, 2.75) is 38.5 Å². The highest BCUT2D eigenvalue weighted by Crippen LogP contribution is 2.44. The minimum Gasteiger partial charge on any atom is -0.444 e. The first-order valence-corrected chi connectivity index (χ1v) is 12.5. The maximum Gasteiger partial charge on any atom is 0.414 e. The number of amides is 2. The Hall–Kier alpha value is -3.39. The molecule has 192 valence electrons. The first kappa shape index (κ1) is 25.3. The van der Waals surface area contributed by atoms with E-state index in [-0.39, 0.29) is 30.4 Å². The van der Waals surface area contributed by atoms with Crippen molar-refractivity contribution in [3.05, 3.63) is 82.9 Å². The summed E-state index contributed by atoms with van der Waals surface area (Å²) in [5.41, 5.74) is 7.55. The van der Waals surface area contributed by atoms with Gasteiger partial charge in [0, 0.05) is 30.4 Å². The Bertz CT molecular complexity index is 1350. The number of halogens is 1. The predicted octanol–water partition coefficient (Wildman–Crippen LogP) is 5.04. The fourth-order valence-corrected chi connectivity index (χ4v) is 5.81. The van der Waals surface area contributed by atoms with Crippen molar-refractivity contribution in [2.24, 2.45) is 0 Å². The van der Waals surface area contributed by atoms with Gasteiger partial charge in [0.2, 0.25) is 5.91 Å². The molecule has 0 bridgehead atoms. The molecule has 2 aliphatic heterocycles. The fraction of sp³-hybridized carbons (Fsp3) is 0.310. The van der Waals surface area contributed by atoms with Gasteiger partial charge in [-0.2, -0.15) is 0 Å². The summed E-state index contributed by atoms with van der Waals surface area (Å²) in [7, 11) is 0. The van der Waals surface area contributed by atoms with Gasteiger partial charge in [-0.1, -0.05) is 48.5 Å². The van der Waals surface area contributed by atoms with Gasteiger partial charge in [0.05, 0.1) is 12.2 Å². The van der Waals surface area contributed by atoms with E-state index in [0.29, 0.717) is 13.2 Å². The molecule has 2 N–H and O–H groups in total. The number of piperidine rings is 1. The van der Waals surface area contributed by atoms with Gasteiger partial charge in [0.1, 0.15) is 12.7 Å². The Morgan fingerprint density at radius 3 is 2.59 bits per heavy atom. The minimum absolute atomic E-state index is 0. The largest absolute Gasteiger partial charge is 0.444 e. The number of carbonyl (C=O) groups is 2. The molecular weight excluding hydrogens is 490 g/mol. The zero-order chi connectivity index (χ0) is 24.8. The number of aryl methyl sites for hydroxylation is 1. The fourth-order valence-electron chi connectivity index (χ4n) is 5.81. The lowest BCUT2D eigenvalue weighted by atomic mass is 9.99. The number of hydrogen-bond acceptors (Lipinski definition) is 5. The SMILES string of the molecule is Cc1cccc2c1N(C1CCN(CC(=O)Nc3ccc4c(c3)-c3ccccc3C4O)CC1)C(=O)OC2.Cl. The Balaban J connectivity index is 0.00000280. The summed E-state index contributed by atoms with van der Waals surface area (Å²) in [6, 6.07) is 19.6. The molecule has 0 aromatic heterocycles. The summed E-state index contributed by atoms with van der Waals surface area (Å²) >= 11 is 0. The number of ether oxygens (including phenoxy) is 1. The minimum atomic E-state index is -0.629. The first-order chi connectivity index (χ1) is 17.5. The second-order valence-electron chi connectivity index (χ2n) is 9.85. The quantitative estimate of drug-likeness (QED) is 0.505. The normalized spacial score (nSPS) is 18.8. The summed E-state index contributed by atoms with van der Waals surface area (Å²) in [5.74, 6) is -0.0706. The Kier molecular flexibility index (Phi) is 6.94. The Labute approximate surface area is 222 Å². The molecule has 3 aromatic carbocycles. The molecule has 7 nitrogen and oxygen atoms in total. The first-order valence-electron chi connectivity index (χ1n) is 12.5. The molecule has 1 saturated heterocycles. The molecule has 1 unspecified atom stereocenters. The van der Waals surface area contributed by atoms with Crippen LogP contribution in [-0.2, 0) is 16.1 Å². The number of para-hydroxylation sites is 1. The van der Waals surface area contributed by atoms with Crippen LogP contribution in [0.2, 0.25) is 0 Å². The van der Waals surface area contributed by atoms with Crippen molar-refractivity contribution >= 4 is 35.8 Å². The van der Waals surface area contributed by atoms with Crippen LogP contribution in [0.1, 0.15) is 41.2 Å². The van der Waals surface area contributed by atoms with Crippen molar-refractivity contribution in [3.63, 3.8) is 0 Å². The van der Waals surface area contributed by atoms with E-state index < -0.39 is 6.10 Å². The standard InChI is InChI=1S/C29H29N3O4.ClH/c1-18-5-4-6-19-17-36-29(35)32(27(18)19)21-11-13-31(14-12-21)16-26(33)30-20-9-10-24-25(15-20)22-7-2-3-8-23(22)28(24)34;/h2-10,15,21,28,34H,11-14,16-17H2,1H3,(H,30,33);1H. The third kappa shape index (κ3) is 4.59. The predicted molar refractivity (Wildman–Crippen MR) is 145 cm³/mol. The van der Waals surface area contributed by atoms with Crippen LogP contribution in [0.25, 0.3) is 11.1 Å². The van der Waals surface area contributed by atoms with E-state index in [9.17, 15) is 14.7 Å². The van der Waals surface area contributed by atoms with Gasteiger partial charge in [-0.3, -0.25) is 14.6 Å². The van der Waals surface area contributed by atoms with Gasteiger partial charge in [-0.05, 0) is 59.7 Å². The van der Waals surface area contributed by atoms with E-state index in [0.717, 1.165) is 70.7 Å². The summed E-state index contributed by atoms with van der Waals surface area (Å²) in [6.45, 7) is 4.10. The number of fused-ring (bicyclic) bond motifs is 4. The number of rotatable bonds is 4. The van der Waals surface area contributed by atoms with Gasteiger partial charge < -0.3 is 15.2 Å². The maximum absolute atomic E-state index is 12.8. The summed E-state index contributed by atoms with van der Waals surface area (Å²) in [5, 5.41) is 13.6. The van der Waals surface area contributed by atoms with Crippen LogP contribution in [0.15, 0.2) is 60.7 Å². The molecule has 37 heavy (non-hydrogen) atoms. The van der Waals surface area contributed by atoms with Gasteiger partial charge >= 0.3 is 6.09 Å². The molecule has 2 amide bonds. The number of aliphatic hydroxyl groups is 1. The van der Waals surface area contributed by atoms with Gasteiger partial charge in [0.15, 0.2) is 0 Å². The van der Waals surface area contributed by atoms with E-state index in [2.05, 4.69) is 10.2 Å². The number of likely N-dealkylation sites (tertiary alicyclic amines) is 1. The average molecular weight is 520 g/mol. The number of nitrogens with zero attached hydrogens (tertiary/aromatic N) is 2. The molecule has 8 heteroatoms. The Morgan fingerprint density at radius 2 is 1.78 bits per heavy atom. The molecular formula is C29H30ClN3O4. The second kappa shape index (κ2) is 10.2. The van der Waals surface area contributed by atoms with Crippen molar-refractivity contribution in [2.75, 3.05) is 29.9 Å². The van der Waals surface area contributed by atoms with Crippen molar-refractivity contribution in [1.82, 2.24) is 4.90 Å². The number of nitrogens with one attached hydrogen (secondary N) is 1. The smallest absolute Gasteiger partial charge is 0.414 e. The van der Waals surface area contributed by atoms with Crippen molar-refractivity contribution in [3.8, 4) is 11.1 Å². The molecule has 1 atom stereocenters. The van der Waals surface area contributed by atoms with Crippen LogP contribution < -0.4 is 10.2 Å². The van der Waals surface area contributed by atoms with Crippen LogP contribution in [-0.4, -0.2) is 47.7 Å². The summed E-state index contributed by atoms with van der Waals surface area (Å²) in [4.78, 5) is 29.5. The second-order valence-corrected chi connectivity index (χ2v) is 9.85. The van der Waals surface area contributed by atoms with E-state index in [1.165, 1.54) is 0 Å². The molecule has 0 spiro atoms. The monoisotopic (exact) mass is 519 g/mol. The van der Waals surface area contributed by atoms with Crippen LogP contribution in [0, 0.1) is 6.92 Å². The third-order valence-electron chi connectivity index (χ3n) is 7.58.